The van der Waals surface area contributed by atoms with Gasteiger partial charge in [0.15, 0.2) is 5.82 Å². The van der Waals surface area contributed by atoms with Crippen molar-refractivity contribution in [3.8, 4) is 11.1 Å². The lowest BCUT2D eigenvalue weighted by Crippen LogP contribution is -2.38. The van der Waals surface area contributed by atoms with Crippen LogP contribution in [-0.4, -0.2) is 58.2 Å². The van der Waals surface area contributed by atoms with Crippen LogP contribution in [0.15, 0.2) is 42.7 Å². The molecule has 1 aliphatic heterocycles. The molecule has 4 aromatic rings. The number of anilines is 1. The molecule has 0 aliphatic carbocycles. The Labute approximate surface area is 205 Å². The molecule has 0 amide bonds. The van der Waals surface area contributed by atoms with Gasteiger partial charge >= 0.3 is 0 Å². The van der Waals surface area contributed by atoms with Gasteiger partial charge in [-0.15, -0.1) is 0 Å². The number of rotatable bonds is 7. The van der Waals surface area contributed by atoms with E-state index >= 15 is 0 Å². The summed E-state index contributed by atoms with van der Waals surface area (Å²) < 4.78 is 33.4. The smallest absolute Gasteiger partial charge is 0.211 e. The first-order valence-electron chi connectivity index (χ1n) is 11.9. The second kappa shape index (κ2) is 9.52. The second-order valence-electron chi connectivity index (χ2n) is 9.05. The summed E-state index contributed by atoms with van der Waals surface area (Å²) in [4.78, 5) is 13.7. The van der Waals surface area contributed by atoms with E-state index in [2.05, 4.69) is 26.7 Å². The molecule has 5 rings (SSSR count). The topological polar surface area (TPSA) is 116 Å². The highest BCUT2D eigenvalue weighted by molar-refractivity contribution is 7.88. The fraction of sp³-hybridized carbons (Fsp3) is 0.400. The largest absolute Gasteiger partial charge is 0.382 e. The minimum atomic E-state index is -3.16. The van der Waals surface area contributed by atoms with Gasteiger partial charge in [-0.05, 0) is 43.4 Å². The third-order valence-electron chi connectivity index (χ3n) is 6.70. The highest BCUT2D eigenvalue weighted by Gasteiger charge is 2.27. The Kier molecular flexibility index (Phi) is 6.43. The molecule has 1 aromatic carbocycles. The molecule has 10 heteroatoms. The Morgan fingerprint density at radius 3 is 2.63 bits per heavy atom. The van der Waals surface area contributed by atoms with E-state index in [4.69, 9.17) is 15.5 Å². The van der Waals surface area contributed by atoms with Gasteiger partial charge in [0.25, 0.3) is 0 Å². The number of hydrogen-bond acceptors (Lipinski definition) is 7. The third-order valence-corrected chi connectivity index (χ3v) is 8.00. The van der Waals surface area contributed by atoms with Crippen LogP contribution in [0, 0.1) is 5.92 Å². The average molecular weight is 495 g/mol. The summed E-state index contributed by atoms with van der Waals surface area (Å²) in [6, 6.07) is 10.1. The Balaban J connectivity index is 1.57. The van der Waals surface area contributed by atoms with Crippen molar-refractivity contribution < 1.29 is 13.2 Å². The van der Waals surface area contributed by atoms with Crippen LogP contribution in [0.1, 0.15) is 25.6 Å². The number of sulfonamides is 1. The van der Waals surface area contributed by atoms with Crippen LogP contribution < -0.4 is 5.73 Å². The van der Waals surface area contributed by atoms with Crippen LogP contribution in [-0.2, 0) is 27.9 Å². The van der Waals surface area contributed by atoms with Crippen LogP contribution >= 0.6 is 0 Å². The van der Waals surface area contributed by atoms with Crippen LogP contribution in [0.2, 0.25) is 0 Å². The Hall–Kier alpha value is -3.08. The van der Waals surface area contributed by atoms with Gasteiger partial charge in [-0.1, -0.05) is 18.2 Å². The van der Waals surface area contributed by atoms with E-state index in [0.717, 1.165) is 52.8 Å². The van der Waals surface area contributed by atoms with E-state index in [9.17, 15) is 8.42 Å². The molecule has 1 fully saturated rings. The highest BCUT2D eigenvalue weighted by Crippen LogP contribution is 2.33. The SMILES string of the molecule is CCOCc1nc2c(N)nc3cc(-c4cccnc4)ccc3c2n1CC1CCN(S(C)(=O)=O)CC1. The summed E-state index contributed by atoms with van der Waals surface area (Å²) >= 11 is 0. The standard InChI is InChI=1S/C25H30N6O3S/c1-3-34-16-22-29-23-24(31(22)15-17-8-11-30(12-9-17)35(2,32)33)20-7-6-18(13-21(20)28-25(23)26)19-5-4-10-27-14-19/h4-7,10,13-14,17H,3,8-9,11-12,15-16H2,1-2H3,(H2,26,28). The van der Waals surface area contributed by atoms with Crippen molar-refractivity contribution in [2.75, 3.05) is 31.7 Å². The van der Waals surface area contributed by atoms with Crippen LogP contribution in [0.5, 0.6) is 0 Å². The lowest BCUT2D eigenvalue weighted by Gasteiger charge is -2.30. The van der Waals surface area contributed by atoms with Crippen molar-refractivity contribution in [3.05, 3.63) is 48.5 Å². The number of fused-ring (bicyclic) bond motifs is 3. The van der Waals surface area contributed by atoms with Crippen molar-refractivity contribution >= 4 is 37.8 Å². The van der Waals surface area contributed by atoms with Crippen molar-refractivity contribution in [2.45, 2.75) is 32.9 Å². The molecule has 1 saturated heterocycles. The van der Waals surface area contributed by atoms with E-state index in [1.807, 2.05) is 31.3 Å². The normalized spacial score (nSPS) is 15.8. The van der Waals surface area contributed by atoms with Crippen molar-refractivity contribution in [3.63, 3.8) is 0 Å². The molecule has 184 valence electrons. The highest BCUT2D eigenvalue weighted by atomic mass is 32.2. The molecule has 9 nitrogen and oxygen atoms in total. The summed E-state index contributed by atoms with van der Waals surface area (Å²) in [6.45, 7) is 4.71. The number of imidazole rings is 1. The van der Waals surface area contributed by atoms with Gasteiger partial charge in [-0.2, -0.15) is 0 Å². The Bertz CT molecular complexity index is 1460. The summed E-state index contributed by atoms with van der Waals surface area (Å²) in [5.74, 6) is 1.52. The van der Waals surface area contributed by atoms with Crippen molar-refractivity contribution in [1.82, 2.24) is 23.8 Å². The van der Waals surface area contributed by atoms with Crippen LogP contribution in [0.25, 0.3) is 33.1 Å². The summed E-state index contributed by atoms with van der Waals surface area (Å²) in [7, 11) is -3.16. The number of piperidine rings is 1. The summed E-state index contributed by atoms with van der Waals surface area (Å²) in [5, 5.41) is 0.977. The first kappa shape index (κ1) is 23.7. The molecule has 0 atom stereocenters. The van der Waals surface area contributed by atoms with Gasteiger partial charge in [0, 0.05) is 49.6 Å². The number of aromatic nitrogens is 4. The molecule has 0 unspecified atom stereocenters. The number of hydrogen-bond donors (Lipinski definition) is 1. The maximum absolute atomic E-state index is 11.9. The predicted molar refractivity (Wildman–Crippen MR) is 137 cm³/mol. The fourth-order valence-corrected chi connectivity index (χ4v) is 5.73. The molecular formula is C25H30N6O3S. The maximum atomic E-state index is 11.9. The summed E-state index contributed by atoms with van der Waals surface area (Å²) in [6.07, 6.45) is 6.45. The average Bonchev–Trinajstić information content (AvgIpc) is 3.21. The molecule has 35 heavy (non-hydrogen) atoms. The Morgan fingerprint density at radius 1 is 1.14 bits per heavy atom. The third kappa shape index (κ3) is 4.73. The minimum Gasteiger partial charge on any atom is -0.382 e. The van der Waals surface area contributed by atoms with Gasteiger partial charge in [-0.25, -0.2) is 22.7 Å². The maximum Gasteiger partial charge on any atom is 0.211 e. The Morgan fingerprint density at radius 2 is 1.94 bits per heavy atom. The second-order valence-corrected chi connectivity index (χ2v) is 11.0. The van der Waals surface area contributed by atoms with E-state index in [1.165, 1.54) is 6.26 Å². The number of nitrogens with zero attached hydrogens (tertiary/aromatic N) is 5. The zero-order valence-electron chi connectivity index (χ0n) is 20.0. The zero-order valence-corrected chi connectivity index (χ0v) is 20.8. The molecule has 0 radical (unpaired) electrons. The number of nitrogens with two attached hydrogens (primary N) is 1. The molecule has 2 N–H and O–H groups in total. The van der Waals surface area contributed by atoms with E-state index in [-0.39, 0.29) is 0 Å². The first-order chi connectivity index (χ1) is 16.8. The molecule has 3 aromatic heterocycles. The van der Waals surface area contributed by atoms with E-state index < -0.39 is 10.0 Å². The molecular weight excluding hydrogens is 464 g/mol. The molecule has 0 spiro atoms. The number of pyridine rings is 2. The number of nitrogen functional groups attached to an aromatic ring is 1. The molecule has 1 aliphatic rings. The number of benzene rings is 1. The predicted octanol–water partition coefficient (Wildman–Crippen LogP) is 3.44. The minimum absolute atomic E-state index is 0.324. The van der Waals surface area contributed by atoms with Crippen molar-refractivity contribution in [1.29, 1.82) is 0 Å². The van der Waals surface area contributed by atoms with E-state index in [0.29, 0.717) is 43.6 Å². The van der Waals surface area contributed by atoms with Gasteiger partial charge in [0.05, 0.1) is 17.3 Å². The van der Waals surface area contributed by atoms with Gasteiger partial charge in [0.1, 0.15) is 17.9 Å². The monoisotopic (exact) mass is 494 g/mol. The number of ether oxygens (including phenoxy) is 1. The van der Waals surface area contributed by atoms with Gasteiger partial charge in [0.2, 0.25) is 10.0 Å². The van der Waals surface area contributed by atoms with Crippen LogP contribution in [0.3, 0.4) is 0 Å². The van der Waals surface area contributed by atoms with Crippen LogP contribution in [0.4, 0.5) is 5.82 Å². The molecule has 4 heterocycles. The zero-order chi connectivity index (χ0) is 24.6. The first-order valence-corrected chi connectivity index (χ1v) is 13.7. The summed E-state index contributed by atoms with van der Waals surface area (Å²) in [5.41, 5.74) is 10.9. The van der Waals surface area contributed by atoms with Gasteiger partial charge in [-0.3, -0.25) is 4.98 Å². The van der Waals surface area contributed by atoms with E-state index in [1.54, 1.807) is 10.5 Å². The molecule has 0 saturated carbocycles. The quantitative estimate of drug-likeness (QED) is 0.418. The lowest BCUT2D eigenvalue weighted by atomic mass is 9.98. The fourth-order valence-electron chi connectivity index (χ4n) is 4.85. The lowest BCUT2D eigenvalue weighted by molar-refractivity contribution is 0.124. The van der Waals surface area contributed by atoms with Crippen molar-refractivity contribution in [2.24, 2.45) is 5.92 Å². The van der Waals surface area contributed by atoms with Gasteiger partial charge < -0.3 is 15.0 Å². The molecule has 0 bridgehead atoms.